The number of nitrogens with one attached hydrogen (secondary N) is 1. The molecule has 0 spiro atoms. The first-order chi connectivity index (χ1) is 7.31. The number of hydrogen-bond acceptors (Lipinski definition) is 3. The minimum Gasteiger partial charge on any atom is -0.393 e. The van der Waals surface area contributed by atoms with Gasteiger partial charge < -0.3 is 15.3 Å². The zero-order valence-electron chi connectivity index (χ0n) is 9.36. The van der Waals surface area contributed by atoms with E-state index < -0.39 is 0 Å². The van der Waals surface area contributed by atoms with E-state index in [4.69, 9.17) is 0 Å². The number of hydrogen-bond donors (Lipinski definition) is 2. The molecule has 15 heavy (non-hydrogen) atoms. The normalized spacial score (nSPS) is 49.0. The molecular weight excluding hydrogens is 188 g/mol. The van der Waals surface area contributed by atoms with Crippen molar-refractivity contribution in [2.75, 3.05) is 26.2 Å². The van der Waals surface area contributed by atoms with Crippen LogP contribution < -0.4 is 5.32 Å². The van der Waals surface area contributed by atoms with Crippen molar-refractivity contribution in [1.82, 2.24) is 10.2 Å². The molecule has 2 aliphatic heterocycles. The molecule has 2 saturated heterocycles. The summed E-state index contributed by atoms with van der Waals surface area (Å²) in [5, 5.41) is 13.0. The van der Waals surface area contributed by atoms with E-state index in [-0.39, 0.29) is 6.10 Å². The molecule has 0 aromatic carbocycles. The van der Waals surface area contributed by atoms with Crippen LogP contribution in [0.3, 0.4) is 0 Å². The zero-order valence-corrected chi connectivity index (χ0v) is 9.36. The van der Waals surface area contributed by atoms with Crippen LogP contribution in [-0.4, -0.2) is 48.3 Å². The number of aliphatic hydroxyl groups excluding tert-OH is 1. The average molecular weight is 210 g/mol. The Labute approximate surface area is 91.8 Å². The van der Waals surface area contributed by atoms with Crippen LogP contribution in [0.5, 0.6) is 0 Å². The average Bonchev–Trinajstić information content (AvgIpc) is 2.57. The number of rotatable bonds is 3. The zero-order chi connectivity index (χ0) is 10.3. The topological polar surface area (TPSA) is 35.5 Å². The van der Waals surface area contributed by atoms with Crippen LogP contribution in [0, 0.1) is 11.8 Å². The maximum absolute atomic E-state index is 9.23. The van der Waals surface area contributed by atoms with Gasteiger partial charge in [0.05, 0.1) is 6.10 Å². The van der Waals surface area contributed by atoms with Gasteiger partial charge in [0.2, 0.25) is 0 Å². The Morgan fingerprint density at radius 2 is 2.00 bits per heavy atom. The number of aliphatic hydroxyl groups is 1. The van der Waals surface area contributed by atoms with Crippen molar-refractivity contribution < 1.29 is 5.11 Å². The lowest BCUT2D eigenvalue weighted by atomic mass is 9.82. The number of piperidine rings is 1. The summed E-state index contributed by atoms with van der Waals surface area (Å²) in [6.45, 7) is 5.08. The summed E-state index contributed by atoms with van der Waals surface area (Å²) in [4.78, 5) is 2.59. The maximum atomic E-state index is 9.23. The maximum Gasteiger partial charge on any atom is 0.0546 e. The highest BCUT2D eigenvalue weighted by Gasteiger charge is 2.35. The van der Waals surface area contributed by atoms with Crippen LogP contribution in [0.2, 0.25) is 0 Å². The summed E-state index contributed by atoms with van der Waals surface area (Å²) in [6, 6.07) is 0.765. The molecule has 3 nitrogen and oxygen atoms in total. The van der Waals surface area contributed by atoms with Crippen molar-refractivity contribution in [2.24, 2.45) is 11.8 Å². The molecule has 0 aromatic rings. The van der Waals surface area contributed by atoms with Crippen LogP contribution in [0.15, 0.2) is 0 Å². The molecule has 3 rings (SSSR count). The third kappa shape index (κ3) is 2.05. The molecule has 3 heteroatoms. The van der Waals surface area contributed by atoms with Crippen molar-refractivity contribution in [3.8, 4) is 0 Å². The van der Waals surface area contributed by atoms with Gasteiger partial charge in [0.15, 0.2) is 0 Å². The van der Waals surface area contributed by atoms with E-state index in [1.54, 1.807) is 0 Å². The largest absolute Gasteiger partial charge is 0.393 e. The molecule has 0 radical (unpaired) electrons. The highest BCUT2D eigenvalue weighted by Crippen LogP contribution is 2.29. The Kier molecular flexibility index (Phi) is 2.71. The van der Waals surface area contributed by atoms with Crippen molar-refractivity contribution >= 4 is 0 Å². The molecule has 3 unspecified atom stereocenters. The van der Waals surface area contributed by atoms with Crippen molar-refractivity contribution in [2.45, 2.75) is 37.8 Å². The second kappa shape index (κ2) is 4.04. The van der Waals surface area contributed by atoms with E-state index >= 15 is 0 Å². The van der Waals surface area contributed by atoms with Crippen LogP contribution in [-0.2, 0) is 0 Å². The van der Waals surface area contributed by atoms with Gasteiger partial charge in [-0.15, -0.1) is 0 Å². The van der Waals surface area contributed by atoms with E-state index in [0.29, 0.717) is 0 Å². The standard InChI is InChI=1S/C12H22N2O/c15-11-5-9(6-11)7-13-12-2-4-14-3-1-10(12)8-14/h9-13,15H,1-8H2. The molecule has 3 fully saturated rings. The minimum absolute atomic E-state index is 0.00475. The summed E-state index contributed by atoms with van der Waals surface area (Å²) in [5.74, 6) is 1.66. The van der Waals surface area contributed by atoms with Gasteiger partial charge in [-0.2, -0.15) is 0 Å². The fourth-order valence-corrected chi connectivity index (χ4v) is 3.41. The first kappa shape index (κ1) is 10.1. The highest BCUT2D eigenvalue weighted by molar-refractivity contribution is 4.91. The van der Waals surface area contributed by atoms with E-state index in [2.05, 4.69) is 10.2 Å². The summed E-state index contributed by atoms with van der Waals surface area (Å²) in [6.07, 6.45) is 4.78. The van der Waals surface area contributed by atoms with Gasteiger partial charge in [-0.05, 0) is 57.2 Å². The quantitative estimate of drug-likeness (QED) is 0.709. The first-order valence-electron chi connectivity index (χ1n) is 6.45. The van der Waals surface area contributed by atoms with Gasteiger partial charge in [0, 0.05) is 12.6 Å². The van der Waals surface area contributed by atoms with Crippen molar-refractivity contribution in [3.63, 3.8) is 0 Å². The summed E-state index contributed by atoms with van der Waals surface area (Å²) in [5.41, 5.74) is 0. The monoisotopic (exact) mass is 210 g/mol. The molecule has 1 aliphatic carbocycles. The second-order valence-electron chi connectivity index (χ2n) is 5.64. The lowest BCUT2D eigenvalue weighted by molar-refractivity contribution is 0.0399. The molecule has 2 bridgehead atoms. The van der Waals surface area contributed by atoms with Gasteiger partial charge >= 0.3 is 0 Å². The molecular formula is C12H22N2O. The predicted octanol–water partition coefficient (Wildman–Crippen LogP) is 0.441. The molecule has 2 heterocycles. The molecule has 3 aliphatic rings. The lowest BCUT2D eigenvalue weighted by Crippen LogP contribution is -2.47. The Hall–Kier alpha value is -0.120. The van der Waals surface area contributed by atoms with Crippen LogP contribution >= 0.6 is 0 Å². The molecule has 0 aromatic heterocycles. The van der Waals surface area contributed by atoms with Gasteiger partial charge in [-0.25, -0.2) is 0 Å². The van der Waals surface area contributed by atoms with Gasteiger partial charge in [-0.3, -0.25) is 0 Å². The second-order valence-corrected chi connectivity index (χ2v) is 5.64. The molecule has 1 saturated carbocycles. The van der Waals surface area contributed by atoms with Crippen molar-refractivity contribution in [3.05, 3.63) is 0 Å². The third-order valence-corrected chi connectivity index (χ3v) is 4.51. The Balaban J connectivity index is 1.43. The van der Waals surface area contributed by atoms with Gasteiger partial charge in [0.1, 0.15) is 0 Å². The number of nitrogens with zero attached hydrogens (tertiary/aromatic N) is 1. The van der Waals surface area contributed by atoms with Gasteiger partial charge in [0.25, 0.3) is 0 Å². The fourth-order valence-electron chi connectivity index (χ4n) is 3.41. The predicted molar refractivity (Wildman–Crippen MR) is 59.7 cm³/mol. The Morgan fingerprint density at radius 3 is 2.80 bits per heavy atom. The fraction of sp³-hybridized carbons (Fsp3) is 1.00. The molecule has 2 N–H and O–H groups in total. The van der Waals surface area contributed by atoms with Gasteiger partial charge in [-0.1, -0.05) is 0 Å². The van der Waals surface area contributed by atoms with E-state index in [9.17, 15) is 5.11 Å². The van der Waals surface area contributed by atoms with E-state index in [0.717, 1.165) is 37.3 Å². The third-order valence-electron chi connectivity index (χ3n) is 4.51. The Morgan fingerprint density at radius 1 is 1.20 bits per heavy atom. The lowest BCUT2D eigenvalue weighted by Gasteiger charge is -2.36. The Bertz CT molecular complexity index is 228. The summed E-state index contributed by atoms with van der Waals surface area (Å²) in [7, 11) is 0. The molecule has 3 atom stereocenters. The smallest absolute Gasteiger partial charge is 0.0546 e. The molecule has 86 valence electrons. The van der Waals surface area contributed by atoms with Crippen LogP contribution in [0.25, 0.3) is 0 Å². The summed E-state index contributed by atoms with van der Waals surface area (Å²) < 4.78 is 0. The highest BCUT2D eigenvalue weighted by atomic mass is 16.3. The first-order valence-corrected chi connectivity index (χ1v) is 6.45. The molecule has 0 amide bonds. The van der Waals surface area contributed by atoms with Crippen LogP contribution in [0.1, 0.15) is 25.7 Å². The SMILES string of the molecule is OC1CC(CNC2CCN3CCC2C3)C1. The minimum atomic E-state index is 0.00475. The summed E-state index contributed by atoms with van der Waals surface area (Å²) >= 11 is 0. The van der Waals surface area contributed by atoms with E-state index in [1.807, 2.05) is 0 Å². The van der Waals surface area contributed by atoms with Crippen LogP contribution in [0.4, 0.5) is 0 Å². The number of fused-ring (bicyclic) bond motifs is 2. The van der Waals surface area contributed by atoms with Crippen molar-refractivity contribution in [1.29, 1.82) is 0 Å². The van der Waals surface area contributed by atoms with E-state index in [1.165, 1.54) is 32.5 Å².